The quantitative estimate of drug-likeness (QED) is 0.754. The number of anilines is 1. The van der Waals surface area contributed by atoms with Crippen molar-refractivity contribution >= 4 is 11.6 Å². The third kappa shape index (κ3) is 3.14. The first-order valence-electron chi connectivity index (χ1n) is 4.56. The summed E-state index contributed by atoms with van der Waals surface area (Å²) >= 11 is 0. The molecule has 0 saturated carbocycles. The van der Waals surface area contributed by atoms with Crippen LogP contribution in [0.1, 0.15) is 18.5 Å². The number of aromatic nitrogens is 1. The molecule has 0 radical (unpaired) electrons. The molecule has 0 aromatic carbocycles. The first kappa shape index (κ1) is 10.7. The molecule has 1 amide bonds. The molecule has 0 aliphatic heterocycles. The maximum atomic E-state index is 11.3. The van der Waals surface area contributed by atoms with Crippen LogP contribution in [0.4, 0.5) is 5.69 Å². The van der Waals surface area contributed by atoms with E-state index in [-0.39, 0.29) is 12.5 Å². The van der Waals surface area contributed by atoms with E-state index >= 15 is 0 Å². The molecule has 0 aliphatic carbocycles. The Morgan fingerprint density at radius 2 is 2.43 bits per heavy atom. The Hall–Kier alpha value is -1.42. The molecule has 1 heterocycles. The summed E-state index contributed by atoms with van der Waals surface area (Å²) in [5.74, 6) is -0.0878. The number of aryl methyl sites for hydroxylation is 1. The molecular weight excluding hydrogens is 180 g/mol. The van der Waals surface area contributed by atoms with Gasteiger partial charge in [-0.1, -0.05) is 0 Å². The molecule has 0 saturated heterocycles. The highest BCUT2D eigenvalue weighted by Crippen LogP contribution is 2.10. The summed E-state index contributed by atoms with van der Waals surface area (Å²) < 4.78 is 0. The van der Waals surface area contributed by atoms with Crippen molar-refractivity contribution in [3.8, 4) is 0 Å². The van der Waals surface area contributed by atoms with Crippen LogP contribution in [0, 0.1) is 6.92 Å². The number of carbonyl (C=O) groups excluding carboxylic acids is 1. The monoisotopic (exact) mass is 194 g/mol. The maximum Gasteiger partial charge on any atom is 0.224 e. The zero-order chi connectivity index (χ0) is 10.4. The summed E-state index contributed by atoms with van der Waals surface area (Å²) in [5, 5.41) is 11.3. The highest BCUT2D eigenvalue weighted by atomic mass is 16.3. The molecule has 1 aromatic heterocycles. The lowest BCUT2D eigenvalue weighted by Crippen LogP contribution is -2.12. The number of nitrogens with one attached hydrogen (secondary N) is 1. The first-order chi connectivity index (χ1) is 6.74. The SMILES string of the molecule is Cc1ncccc1NC(=O)CCCO. The van der Waals surface area contributed by atoms with Gasteiger partial charge in [-0.25, -0.2) is 0 Å². The van der Waals surface area contributed by atoms with E-state index in [1.165, 1.54) is 0 Å². The molecule has 4 nitrogen and oxygen atoms in total. The molecule has 0 bridgehead atoms. The van der Waals surface area contributed by atoms with E-state index in [0.29, 0.717) is 12.8 Å². The van der Waals surface area contributed by atoms with Crippen LogP contribution in [-0.4, -0.2) is 22.6 Å². The van der Waals surface area contributed by atoms with E-state index in [2.05, 4.69) is 10.3 Å². The van der Waals surface area contributed by atoms with Gasteiger partial charge in [-0.3, -0.25) is 9.78 Å². The number of aliphatic hydroxyl groups excluding tert-OH is 1. The van der Waals surface area contributed by atoms with Crippen molar-refractivity contribution in [2.75, 3.05) is 11.9 Å². The van der Waals surface area contributed by atoms with Gasteiger partial charge >= 0.3 is 0 Å². The number of nitrogens with zero attached hydrogens (tertiary/aromatic N) is 1. The second-order valence-corrected chi connectivity index (χ2v) is 3.01. The Labute approximate surface area is 83.0 Å². The zero-order valence-electron chi connectivity index (χ0n) is 8.16. The van der Waals surface area contributed by atoms with Crippen LogP contribution in [0.3, 0.4) is 0 Å². The maximum absolute atomic E-state index is 11.3. The molecule has 1 rings (SSSR count). The van der Waals surface area contributed by atoms with Crippen molar-refractivity contribution in [3.05, 3.63) is 24.0 Å². The summed E-state index contributed by atoms with van der Waals surface area (Å²) in [6.45, 7) is 1.88. The van der Waals surface area contributed by atoms with Crippen LogP contribution in [0.2, 0.25) is 0 Å². The number of carbonyl (C=O) groups is 1. The fraction of sp³-hybridized carbons (Fsp3) is 0.400. The number of hydrogen-bond acceptors (Lipinski definition) is 3. The number of aliphatic hydroxyl groups is 1. The van der Waals surface area contributed by atoms with Gasteiger partial charge in [0.1, 0.15) is 0 Å². The van der Waals surface area contributed by atoms with Crippen LogP contribution in [-0.2, 0) is 4.79 Å². The van der Waals surface area contributed by atoms with Gasteiger partial charge in [-0.2, -0.15) is 0 Å². The Balaban J connectivity index is 2.52. The predicted molar refractivity (Wildman–Crippen MR) is 53.9 cm³/mol. The van der Waals surface area contributed by atoms with Gasteiger partial charge in [0.25, 0.3) is 0 Å². The molecule has 0 unspecified atom stereocenters. The first-order valence-corrected chi connectivity index (χ1v) is 4.56. The van der Waals surface area contributed by atoms with Crippen LogP contribution < -0.4 is 5.32 Å². The minimum Gasteiger partial charge on any atom is -0.396 e. The van der Waals surface area contributed by atoms with Crippen molar-refractivity contribution in [1.82, 2.24) is 4.98 Å². The Morgan fingerprint density at radius 1 is 1.64 bits per heavy atom. The van der Waals surface area contributed by atoms with Gasteiger partial charge in [0.15, 0.2) is 0 Å². The molecule has 0 spiro atoms. The topological polar surface area (TPSA) is 62.2 Å². The van der Waals surface area contributed by atoms with E-state index in [4.69, 9.17) is 5.11 Å². The Bertz CT molecular complexity index is 313. The average molecular weight is 194 g/mol. The Morgan fingerprint density at radius 3 is 3.07 bits per heavy atom. The summed E-state index contributed by atoms with van der Waals surface area (Å²) in [7, 11) is 0. The smallest absolute Gasteiger partial charge is 0.224 e. The lowest BCUT2D eigenvalue weighted by atomic mass is 10.2. The van der Waals surface area contributed by atoms with E-state index < -0.39 is 0 Å². The lowest BCUT2D eigenvalue weighted by Gasteiger charge is -2.06. The third-order valence-electron chi connectivity index (χ3n) is 1.84. The van der Waals surface area contributed by atoms with Crippen molar-refractivity contribution in [3.63, 3.8) is 0 Å². The fourth-order valence-corrected chi connectivity index (χ4v) is 1.07. The molecule has 0 fully saturated rings. The largest absolute Gasteiger partial charge is 0.396 e. The second kappa shape index (κ2) is 5.34. The minimum atomic E-state index is -0.0878. The zero-order valence-corrected chi connectivity index (χ0v) is 8.16. The third-order valence-corrected chi connectivity index (χ3v) is 1.84. The highest BCUT2D eigenvalue weighted by Gasteiger charge is 2.03. The summed E-state index contributed by atoms with van der Waals surface area (Å²) in [6.07, 6.45) is 2.51. The predicted octanol–water partition coefficient (Wildman–Crippen LogP) is 1.10. The molecule has 1 aromatic rings. The summed E-state index contributed by atoms with van der Waals surface area (Å²) in [4.78, 5) is 15.3. The standard InChI is InChI=1S/C10H14N2O2/c1-8-9(4-2-6-11-8)12-10(14)5-3-7-13/h2,4,6,13H,3,5,7H2,1H3,(H,12,14). The van der Waals surface area contributed by atoms with Crippen molar-refractivity contribution in [1.29, 1.82) is 0 Å². The van der Waals surface area contributed by atoms with Crippen LogP contribution in [0.5, 0.6) is 0 Å². The summed E-state index contributed by atoms with van der Waals surface area (Å²) in [6, 6.07) is 3.58. The van der Waals surface area contributed by atoms with Gasteiger partial charge in [0.2, 0.25) is 5.91 Å². The van der Waals surface area contributed by atoms with E-state index in [0.717, 1.165) is 11.4 Å². The fourth-order valence-electron chi connectivity index (χ4n) is 1.07. The number of pyridine rings is 1. The molecule has 76 valence electrons. The number of amides is 1. The lowest BCUT2D eigenvalue weighted by molar-refractivity contribution is -0.116. The highest BCUT2D eigenvalue weighted by molar-refractivity contribution is 5.91. The van der Waals surface area contributed by atoms with Crippen molar-refractivity contribution < 1.29 is 9.90 Å². The van der Waals surface area contributed by atoms with Gasteiger partial charge in [-0.15, -0.1) is 0 Å². The molecule has 4 heteroatoms. The van der Waals surface area contributed by atoms with E-state index in [9.17, 15) is 4.79 Å². The van der Waals surface area contributed by atoms with Gasteiger partial charge in [0, 0.05) is 19.2 Å². The van der Waals surface area contributed by atoms with E-state index in [1.54, 1.807) is 18.3 Å². The summed E-state index contributed by atoms with van der Waals surface area (Å²) in [5.41, 5.74) is 1.53. The van der Waals surface area contributed by atoms with E-state index in [1.807, 2.05) is 6.92 Å². The van der Waals surface area contributed by atoms with Crippen molar-refractivity contribution in [2.45, 2.75) is 19.8 Å². The number of hydrogen-bond donors (Lipinski definition) is 2. The molecule has 0 atom stereocenters. The Kier molecular flexibility index (Phi) is 4.07. The van der Waals surface area contributed by atoms with Gasteiger partial charge < -0.3 is 10.4 Å². The molecule has 14 heavy (non-hydrogen) atoms. The van der Waals surface area contributed by atoms with Gasteiger partial charge in [-0.05, 0) is 25.5 Å². The molecular formula is C10H14N2O2. The normalized spacial score (nSPS) is 9.86. The van der Waals surface area contributed by atoms with Gasteiger partial charge in [0.05, 0.1) is 11.4 Å². The molecule has 2 N–H and O–H groups in total. The van der Waals surface area contributed by atoms with Crippen LogP contribution in [0.25, 0.3) is 0 Å². The average Bonchev–Trinajstić information content (AvgIpc) is 2.18. The minimum absolute atomic E-state index is 0.0411. The second-order valence-electron chi connectivity index (χ2n) is 3.01. The number of rotatable bonds is 4. The van der Waals surface area contributed by atoms with Crippen molar-refractivity contribution in [2.24, 2.45) is 0 Å². The molecule has 0 aliphatic rings. The van der Waals surface area contributed by atoms with Crippen LogP contribution >= 0.6 is 0 Å². The van der Waals surface area contributed by atoms with Crippen LogP contribution in [0.15, 0.2) is 18.3 Å².